The average molecular weight is 446 g/mol. The Balaban J connectivity index is 1.36. The van der Waals surface area contributed by atoms with Crippen molar-refractivity contribution < 1.29 is 0 Å². The first kappa shape index (κ1) is 27.4. The van der Waals surface area contributed by atoms with Crippen molar-refractivity contribution in [2.75, 3.05) is 19.6 Å². The molecule has 0 aromatic carbocycles. The number of nitrogens with zero attached hydrogens (tertiary/aromatic N) is 3. The minimum Gasteiger partial charge on any atom is -0.335 e. The third-order valence-corrected chi connectivity index (χ3v) is 7.58. The summed E-state index contributed by atoms with van der Waals surface area (Å²) in [7, 11) is 0. The summed E-state index contributed by atoms with van der Waals surface area (Å²) in [6.45, 7) is 11.9. The van der Waals surface area contributed by atoms with Crippen molar-refractivity contribution in [3.8, 4) is 0 Å². The molecule has 2 rings (SSSR count). The van der Waals surface area contributed by atoms with E-state index in [2.05, 4.69) is 41.4 Å². The largest absolute Gasteiger partial charge is 0.335 e. The first-order chi connectivity index (χ1) is 15.7. The van der Waals surface area contributed by atoms with Crippen molar-refractivity contribution in [2.45, 2.75) is 142 Å². The molecular weight excluding hydrogens is 390 g/mol. The summed E-state index contributed by atoms with van der Waals surface area (Å²) >= 11 is 0. The average Bonchev–Trinajstić information content (AvgIpc) is 3.28. The Morgan fingerprint density at radius 2 is 1.31 bits per heavy atom. The lowest BCUT2D eigenvalue weighted by Gasteiger charge is -2.32. The van der Waals surface area contributed by atoms with Gasteiger partial charge in [0.05, 0.1) is 0 Å². The van der Waals surface area contributed by atoms with Gasteiger partial charge >= 0.3 is 0 Å². The van der Waals surface area contributed by atoms with Crippen LogP contribution in [-0.2, 0) is 6.54 Å². The van der Waals surface area contributed by atoms with Gasteiger partial charge in [0.15, 0.2) is 0 Å². The van der Waals surface area contributed by atoms with E-state index in [1.165, 1.54) is 135 Å². The first-order valence-corrected chi connectivity index (χ1v) is 14.4. The quantitative estimate of drug-likeness (QED) is 0.199. The Hall–Kier alpha value is -0.830. The van der Waals surface area contributed by atoms with Crippen LogP contribution in [0.5, 0.6) is 0 Å². The Morgan fingerprint density at radius 1 is 0.781 bits per heavy atom. The maximum Gasteiger partial charge on any atom is 0.111 e. The number of aryl methyl sites for hydroxylation is 1. The molecule has 0 unspecified atom stereocenters. The van der Waals surface area contributed by atoms with Crippen molar-refractivity contribution in [3.63, 3.8) is 0 Å². The SMILES string of the molecule is CCCCCCCCCCCCCCCCN1CCC(CCn2ccnc2C(C)C)CC1. The molecule has 0 spiro atoms. The van der Waals surface area contributed by atoms with E-state index in [1.54, 1.807) is 0 Å². The van der Waals surface area contributed by atoms with Crippen LogP contribution in [0.4, 0.5) is 0 Å². The summed E-state index contributed by atoms with van der Waals surface area (Å²) in [6, 6.07) is 0. The number of piperidine rings is 1. The zero-order valence-corrected chi connectivity index (χ0v) is 22.0. The van der Waals surface area contributed by atoms with E-state index in [0.717, 1.165) is 12.5 Å². The van der Waals surface area contributed by atoms with Crippen LogP contribution < -0.4 is 0 Å². The Kier molecular flexibility index (Phi) is 15.1. The third-order valence-electron chi connectivity index (χ3n) is 7.58. The van der Waals surface area contributed by atoms with Crippen molar-refractivity contribution in [1.29, 1.82) is 0 Å². The second-order valence-electron chi connectivity index (χ2n) is 10.8. The van der Waals surface area contributed by atoms with Crippen LogP contribution in [0.1, 0.15) is 142 Å². The van der Waals surface area contributed by atoms with E-state index in [0.29, 0.717) is 5.92 Å². The molecule has 186 valence electrons. The predicted octanol–water partition coefficient (Wildman–Crippen LogP) is 8.59. The van der Waals surface area contributed by atoms with Gasteiger partial charge in [-0.25, -0.2) is 4.98 Å². The molecule has 0 bridgehead atoms. The zero-order chi connectivity index (χ0) is 22.9. The maximum atomic E-state index is 4.53. The second-order valence-corrected chi connectivity index (χ2v) is 10.8. The number of likely N-dealkylation sites (tertiary alicyclic amines) is 1. The van der Waals surface area contributed by atoms with E-state index < -0.39 is 0 Å². The van der Waals surface area contributed by atoms with Gasteiger partial charge in [0.25, 0.3) is 0 Å². The van der Waals surface area contributed by atoms with Crippen LogP contribution in [0, 0.1) is 5.92 Å². The third kappa shape index (κ3) is 11.9. The fourth-order valence-electron chi connectivity index (χ4n) is 5.36. The molecule has 1 aliphatic heterocycles. The van der Waals surface area contributed by atoms with Crippen molar-refractivity contribution in [1.82, 2.24) is 14.5 Å². The van der Waals surface area contributed by atoms with Crippen LogP contribution in [0.3, 0.4) is 0 Å². The Bertz CT molecular complexity index is 542. The van der Waals surface area contributed by atoms with Gasteiger partial charge in [0, 0.05) is 24.9 Å². The topological polar surface area (TPSA) is 21.1 Å². The van der Waals surface area contributed by atoms with Gasteiger partial charge < -0.3 is 9.47 Å². The van der Waals surface area contributed by atoms with Gasteiger partial charge in [-0.2, -0.15) is 0 Å². The lowest BCUT2D eigenvalue weighted by molar-refractivity contribution is 0.173. The lowest BCUT2D eigenvalue weighted by Crippen LogP contribution is -2.34. The summed E-state index contributed by atoms with van der Waals surface area (Å²) in [5.74, 6) is 2.68. The van der Waals surface area contributed by atoms with Gasteiger partial charge in [0.2, 0.25) is 0 Å². The number of aromatic nitrogens is 2. The van der Waals surface area contributed by atoms with Gasteiger partial charge in [-0.15, -0.1) is 0 Å². The highest BCUT2D eigenvalue weighted by Gasteiger charge is 2.19. The molecule has 1 aromatic rings. The molecule has 1 fully saturated rings. The van der Waals surface area contributed by atoms with Crippen molar-refractivity contribution in [2.24, 2.45) is 5.92 Å². The molecule has 3 heteroatoms. The standard InChI is InChI=1S/C29H55N3/c1-4-5-6-7-8-9-10-11-12-13-14-15-16-17-22-31-23-18-28(19-24-31)20-25-32-26-21-30-29(32)27(2)3/h21,26-28H,4-20,22-25H2,1-3H3. The predicted molar refractivity (Wildman–Crippen MR) is 140 cm³/mol. The normalized spacial score (nSPS) is 15.8. The molecule has 0 amide bonds. The van der Waals surface area contributed by atoms with E-state index >= 15 is 0 Å². The molecule has 0 N–H and O–H groups in total. The van der Waals surface area contributed by atoms with Crippen LogP contribution >= 0.6 is 0 Å². The number of rotatable bonds is 19. The first-order valence-electron chi connectivity index (χ1n) is 14.4. The highest BCUT2D eigenvalue weighted by molar-refractivity contribution is 4.97. The van der Waals surface area contributed by atoms with Crippen LogP contribution in [0.15, 0.2) is 12.4 Å². The fraction of sp³-hybridized carbons (Fsp3) is 0.897. The second kappa shape index (κ2) is 17.6. The molecule has 3 nitrogen and oxygen atoms in total. The zero-order valence-electron chi connectivity index (χ0n) is 22.0. The molecule has 0 aliphatic carbocycles. The molecule has 0 saturated carbocycles. The molecule has 1 aliphatic rings. The smallest absolute Gasteiger partial charge is 0.111 e. The molecule has 1 saturated heterocycles. The summed E-state index contributed by atoms with van der Waals surface area (Å²) in [5, 5.41) is 0. The van der Waals surface area contributed by atoms with Crippen LogP contribution in [0.2, 0.25) is 0 Å². The number of unbranched alkanes of at least 4 members (excludes halogenated alkanes) is 13. The summed E-state index contributed by atoms with van der Waals surface area (Å²) < 4.78 is 2.38. The Labute approximate surface area is 200 Å². The van der Waals surface area contributed by atoms with E-state index in [4.69, 9.17) is 0 Å². The van der Waals surface area contributed by atoms with Gasteiger partial charge in [-0.3, -0.25) is 0 Å². The Morgan fingerprint density at radius 3 is 1.84 bits per heavy atom. The van der Waals surface area contributed by atoms with E-state index in [9.17, 15) is 0 Å². The molecular formula is C29H55N3. The van der Waals surface area contributed by atoms with Crippen LogP contribution in [0.25, 0.3) is 0 Å². The number of hydrogen-bond acceptors (Lipinski definition) is 2. The highest BCUT2D eigenvalue weighted by Crippen LogP contribution is 2.23. The van der Waals surface area contributed by atoms with Crippen molar-refractivity contribution >= 4 is 0 Å². The molecule has 0 atom stereocenters. The van der Waals surface area contributed by atoms with Crippen molar-refractivity contribution in [3.05, 3.63) is 18.2 Å². The monoisotopic (exact) mass is 445 g/mol. The summed E-state index contributed by atoms with van der Waals surface area (Å²) in [4.78, 5) is 7.26. The van der Waals surface area contributed by atoms with E-state index in [-0.39, 0.29) is 0 Å². The summed E-state index contributed by atoms with van der Waals surface area (Å²) in [6.07, 6.45) is 28.6. The number of hydrogen-bond donors (Lipinski definition) is 0. The minimum absolute atomic E-state index is 0.525. The fourth-order valence-corrected chi connectivity index (χ4v) is 5.36. The van der Waals surface area contributed by atoms with Gasteiger partial charge in [0.1, 0.15) is 5.82 Å². The van der Waals surface area contributed by atoms with Gasteiger partial charge in [-0.1, -0.05) is 104 Å². The highest BCUT2D eigenvalue weighted by atomic mass is 15.1. The maximum absolute atomic E-state index is 4.53. The number of imidazole rings is 1. The summed E-state index contributed by atoms with van der Waals surface area (Å²) in [5.41, 5.74) is 0. The van der Waals surface area contributed by atoms with Crippen LogP contribution in [-0.4, -0.2) is 34.1 Å². The minimum atomic E-state index is 0.525. The molecule has 1 aromatic heterocycles. The molecule has 2 heterocycles. The molecule has 0 radical (unpaired) electrons. The van der Waals surface area contributed by atoms with E-state index in [1.807, 2.05) is 6.20 Å². The van der Waals surface area contributed by atoms with Gasteiger partial charge in [-0.05, 0) is 51.2 Å². The lowest BCUT2D eigenvalue weighted by atomic mass is 9.93. The molecule has 32 heavy (non-hydrogen) atoms.